The van der Waals surface area contributed by atoms with E-state index in [1.807, 2.05) is 0 Å². The molecule has 13 heavy (non-hydrogen) atoms. The van der Waals surface area contributed by atoms with Crippen molar-refractivity contribution in [1.29, 1.82) is 0 Å². The highest BCUT2D eigenvalue weighted by molar-refractivity contribution is 4.84. The average molecular weight is 186 g/mol. The second kappa shape index (κ2) is 4.97. The summed E-state index contributed by atoms with van der Waals surface area (Å²) in [7, 11) is 0. The minimum atomic E-state index is 0.0614. The Morgan fingerprint density at radius 2 is 2.15 bits per heavy atom. The van der Waals surface area contributed by atoms with Crippen LogP contribution in [-0.4, -0.2) is 24.9 Å². The Labute approximate surface area is 81.6 Å². The third-order valence-corrected chi connectivity index (χ3v) is 2.61. The van der Waals surface area contributed by atoms with Crippen molar-refractivity contribution in [3.8, 4) is 0 Å². The van der Waals surface area contributed by atoms with Crippen LogP contribution in [0.3, 0.4) is 0 Å². The second-order valence-corrected chi connectivity index (χ2v) is 4.15. The zero-order valence-electron chi connectivity index (χ0n) is 9.14. The summed E-state index contributed by atoms with van der Waals surface area (Å²) < 4.78 is 11.1. The normalized spacial score (nSPS) is 25.6. The maximum absolute atomic E-state index is 5.80. The molecule has 1 aliphatic rings. The molecular weight excluding hydrogens is 164 g/mol. The summed E-state index contributed by atoms with van der Waals surface area (Å²) in [6, 6.07) is 0. The topological polar surface area (TPSA) is 21.8 Å². The lowest BCUT2D eigenvalue weighted by Gasteiger charge is -2.28. The van der Waals surface area contributed by atoms with Gasteiger partial charge in [-0.1, -0.05) is 19.8 Å². The van der Waals surface area contributed by atoms with E-state index >= 15 is 0 Å². The van der Waals surface area contributed by atoms with Gasteiger partial charge in [0.1, 0.15) is 0 Å². The Morgan fingerprint density at radius 3 is 2.62 bits per heavy atom. The van der Waals surface area contributed by atoms with Gasteiger partial charge in [-0.3, -0.25) is 0 Å². The Balaban J connectivity index is 2.30. The number of rotatable bonds is 7. The highest BCUT2D eigenvalue weighted by atomic mass is 16.6. The van der Waals surface area contributed by atoms with Crippen molar-refractivity contribution in [1.82, 2.24) is 0 Å². The van der Waals surface area contributed by atoms with Gasteiger partial charge in [0, 0.05) is 13.0 Å². The average Bonchev–Trinajstić information content (AvgIpc) is 2.85. The molecule has 1 rings (SSSR count). The van der Waals surface area contributed by atoms with Gasteiger partial charge in [0.15, 0.2) is 0 Å². The molecule has 0 N–H and O–H groups in total. The van der Waals surface area contributed by atoms with E-state index in [2.05, 4.69) is 20.8 Å². The van der Waals surface area contributed by atoms with Crippen molar-refractivity contribution in [2.45, 2.75) is 58.2 Å². The maximum Gasteiger partial charge on any atom is 0.0837 e. The number of unbranched alkanes of at least 4 members (excludes halogenated alkanes) is 1. The molecule has 2 nitrogen and oxygen atoms in total. The molecule has 0 aromatic rings. The molecule has 1 fully saturated rings. The lowest BCUT2D eigenvalue weighted by molar-refractivity contribution is -0.0427. The molecule has 1 heterocycles. The summed E-state index contributed by atoms with van der Waals surface area (Å²) >= 11 is 0. The van der Waals surface area contributed by atoms with Crippen molar-refractivity contribution in [2.24, 2.45) is 0 Å². The molecule has 0 spiro atoms. The van der Waals surface area contributed by atoms with E-state index in [0.717, 1.165) is 26.1 Å². The predicted molar refractivity (Wildman–Crippen MR) is 53.9 cm³/mol. The summed E-state index contributed by atoms with van der Waals surface area (Å²) in [5.74, 6) is 0. The van der Waals surface area contributed by atoms with Gasteiger partial charge >= 0.3 is 0 Å². The van der Waals surface area contributed by atoms with Gasteiger partial charge in [-0.05, 0) is 20.3 Å². The fraction of sp³-hybridized carbons (Fsp3) is 1.00. The van der Waals surface area contributed by atoms with Gasteiger partial charge in [0.05, 0.1) is 18.3 Å². The molecule has 2 atom stereocenters. The fourth-order valence-electron chi connectivity index (χ4n) is 1.80. The number of ether oxygens (including phenoxy) is 2. The number of epoxide rings is 1. The van der Waals surface area contributed by atoms with Crippen LogP contribution in [0.25, 0.3) is 0 Å². The van der Waals surface area contributed by atoms with Crippen LogP contribution in [0.1, 0.15) is 46.5 Å². The molecular formula is C11H22O2. The highest BCUT2D eigenvalue weighted by Crippen LogP contribution is 2.29. The largest absolute Gasteiger partial charge is 0.375 e. The van der Waals surface area contributed by atoms with Gasteiger partial charge in [0.25, 0.3) is 0 Å². The summed E-state index contributed by atoms with van der Waals surface area (Å²) in [4.78, 5) is 0. The van der Waals surface area contributed by atoms with E-state index in [1.54, 1.807) is 0 Å². The van der Waals surface area contributed by atoms with Gasteiger partial charge < -0.3 is 9.47 Å². The quantitative estimate of drug-likeness (QED) is 0.570. The Kier molecular flexibility index (Phi) is 4.20. The SMILES string of the molecule is CCCCC(C)(CC1CO1)OCC. The van der Waals surface area contributed by atoms with Crippen LogP contribution in [0.15, 0.2) is 0 Å². The maximum atomic E-state index is 5.80. The molecule has 2 unspecified atom stereocenters. The molecule has 0 aliphatic carbocycles. The van der Waals surface area contributed by atoms with E-state index in [9.17, 15) is 0 Å². The van der Waals surface area contributed by atoms with Crippen molar-refractivity contribution in [3.05, 3.63) is 0 Å². The van der Waals surface area contributed by atoms with Crippen LogP contribution in [0.5, 0.6) is 0 Å². The minimum absolute atomic E-state index is 0.0614. The minimum Gasteiger partial charge on any atom is -0.375 e. The Bertz CT molecular complexity index is 143. The summed E-state index contributed by atoms with van der Waals surface area (Å²) in [6.07, 6.45) is 5.21. The van der Waals surface area contributed by atoms with E-state index in [1.165, 1.54) is 12.8 Å². The Morgan fingerprint density at radius 1 is 1.46 bits per heavy atom. The second-order valence-electron chi connectivity index (χ2n) is 4.15. The molecule has 0 aromatic heterocycles. The molecule has 0 amide bonds. The van der Waals surface area contributed by atoms with Crippen molar-refractivity contribution in [2.75, 3.05) is 13.2 Å². The molecule has 0 saturated carbocycles. The van der Waals surface area contributed by atoms with Crippen molar-refractivity contribution >= 4 is 0 Å². The van der Waals surface area contributed by atoms with E-state index in [4.69, 9.17) is 9.47 Å². The smallest absolute Gasteiger partial charge is 0.0837 e. The van der Waals surface area contributed by atoms with Crippen LogP contribution in [0.4, 0.5) is 0 Å². The van der Waals surface area contributed by atoms with Crippen LogP contribution in [-0.2, 0) is 9.47 Å². The predicted octanol–water partition coefficient (Wildman–Crippen LogP) is 2.76. The van der Waals surface area contributed by atoms with Gasteiger partial charge in [-0.25, -0.2) is 0 Å². The van der Waals surface area contributed by atoms with Gasteiger partial charge in [-0.15, -0.1) is 0 Å². The van der Waals surface area contributed by atoms with Crippen molar-refractivity contribution in [3.63, 3.8) is 0 Å². The molecule has 2 heteroatoms. The monoisotopic (exact) mass is 186 g/mol. The lowest BCUT2D eigenvalue weighted by Crippen LogP contribution is -2.30. The zero-order valence-corrected chi connectivity index (χ0v) is 9.14. The van der Waals surface area contributed by atoms with Crippen LogP contribution in [0.2, 0.25) is 0 Å². The first-order chi connectivity index (χ1) is 6.20. The molecule has 1 saturated heterocycles. The fourth-order valence-corrected chi connectivity index (χ4v) is 1.80. The Hall–Kier alpha value is -0.0800. The highest BCUT2D eigenvalue weighted by Gasteiger charge is 2.34. The van der Waals surface area contributed by atoms with Gasteiger partial charge in [0.2, 0.25) is 0 Å². The number of hydrogen-bond acceptors (Lipinski definition) is 2. The summed E-state index contributed by atoms with van der Waals surface area (Å²) in [5, 5.41) is 0. The molecule has 0 radical (unpaired) electrons. The summed E-state index contributed by atoms with van der Waals surface area (Å²) in [6.45, 7) is 8.26. The van der Waals surface area contributed by atoms with Gasteiger partial charge in [-0.2, -0.15) is 0 Å². The number of hydrogen-bond donors (Lipinski definition) is 0. The molecule has 0 aromatic carbocycles. The summed E-state index contributed by atoms with van der Waals surface area (Å²) in [5.41, 5.74) is 0.0614. The third-order valence-electron chi connectivity index (χ3n) is 2.61. The van der Waals surface area contributed by atoms with Crippen LogP contribution < -0.4 is 0 Å². The zero-order chi connectivity index (χ0) is 9.73. The van der Waals surface area contributed by atoms with E-state index in [-0.39, 0.29) is 5.60 Å². The molecule has 0 bridgehead atoms. The van der Waals surface area contributed by atoms with E-state index in [0.29, 0.717) is 6.10 Å². The van der Waals surface area contributed by atoms with Crippen LogP contribution >= 0.6 is 0 Å². The first-order valence-electron chi connectivity index (χ1n) is 5.45. The molecule has 1 aliphatic heterocycles. The lowest BCUT2D eigenvalue weighted by atomic mass is 9.93. The van der Waals surface area contributed by atoms with Crippen LogP contribution in [0, 0.1) is 0 Å². The first-order valence-corrected chi connectivity index (χ1v) is 5.45. The van der Waals surface area contributed by atoms with E-state index < -0.39 is 0 Å². The van der Waals surface area contributed by atoms with Crippen molar-refractivity contribution < 1.29 is 9.47 Å². The third kappa shape index (κ3) is 4.10. The molecule has 78 valence electrons. The first kappa shape index (κ1) is 11.0. The standard InChI is InChI=1S/C11H22O2/c1-4-6-7-11(3,13-5-2)8-10-9-12-10/h10H,4-9H2,1-3H3.